The molecule has 1 aromatic rings. The molecule has 0 saturated carbocycles. The Morgan fingerprint density at radius 2 is 2.17 bits per heavy atom. The number of benzene rings is 1. The molecule has 6 heteroatoms. The van der Waals surface area contributed by atoms with E-state index in [-0.39, 0.29) is 11.4 Å². The zero-order valence-electron chi connectivity index (χ0n) is 6.15. The first-order chi connectivity index (χ1) is 5.65. The minimum Gasteiger partial charge on any atom is -0.393 e. The van der Waals surface area contributed by atoms with Crippen molar-refractivity contribution in [2.45, 2.75) is 0 Å². The van der Waals surface area contributed by atoms with E-state index in [1.807, 2.05) is 0 Å². The number of nitro groups is 1. The van der Waals surface area contributed by atoms with Crippen molar-refractivity contribution in [1.29, 1.82) is 0 Å². The average molecular weight is 168 g/mol. The molecule has 0 spiro atoms. The molecule has 6 nitrogen and oxygen atoms in total. The van der Waals surface area contributed by atoms with Crippen molar-refractivity contribution in [1.82, 2.24) is 0 Å². The number of nitrogen functional groups attached to an aromatic ring is 2. The normalized spacial score (nSPS) is 9.42. The highest BCUT2D eigenvalue weighted by atomic mass is 16.6. The van der Waals surface area contributed by atoms with Gasteiger partial charge >= 0.3 is 0 Å². The molecule has 0 amide bonds. The highest BCUT2D eigenvalue weighted by molar-refractivity contribution is 5.65. The number of hydrogen-bond acceptors (Lipinski definition) is 5. The first-order valence-electron chi connectivity index (χ1n) is 3.15. The summed E-state index contributed by atoms with van der Waals surface area (Å²) in [4.78, 5) is 9.75. The van der Waals surface area contributed by atoms with Crippen molar-refractivity contribution in [3.63, 3.8) is 0 Å². The topological polar surface area (TPSA) is 107 Å². The van der Waals surface area contributed by atoms with Gasteiger partial charge in [-0.2, -0.15) is 0 Å². The van der Waals surface area contributed by atoms with Gasteiger partial charge in [-0.15, -0.1) is 0 Å². The van der Waals surface area contributed by atoms with E-state index >= 15 is 0 Å². The SMILES string of the molecule is NNc1ccc([N+](=O)[O-])c(N)c1. The number of nitrogens with two attached hydrogens (primary N) is 2. The summed E-state index contributed by atoms with van der Waals surface area (Å²) in [7, 11) is 0. The van der Waals surface area contributed by atoms with Crippen LogP contribution in [0.4, 0.5) is 17.1 Å². The molecular weight excluding hydrogens is 160 g/mol. The zero-order valence-corrected chi connectivity index (χ0v) is 6.15. The monoisotopic (exact) mass is 168 g/mol. The Hall–Kier alpha value is -1.82. The number of nitrogens with one attached hydrogen (secondary N) is 1. The minimum absolute atomic E-state index is 0.0930. The van der Waals surface area contributed by atoms with Gasteiger partial charge in [0.2, 0.25) is 0 Å². The lowest BCUT2D eigenvalue weighted by molar-refractivity contribution is -0.383. The number of hydrogen-bond donors (Lipinski definition) is 3. The Balaban J connectivity index is 3.12. The summed E-state index contributed by atoms with van der Waals surface area (Å²) in [5.41, 5.74) is 8.21. The van der Waals surface area contributed by atoms with Crippen LogP contribution in [0, 0.1) is 10.1 Å². The van der Waals surface area contributed by atoms with Gasteiger partial charge in [-0.25, -0.2) is 0 Å². The van der Waals surface area contributed by atoms with E-state index in [1.54, 1.807) is 0 Å². The van der Waals surface area contributed by atoms with Crippen LogP contribution in [0.1, 0.15) is 0 Å². The van der Waals surface area contributed by atoms with Crippen LogP contribution in [-0.2, 0) is 0 Å². The maximum Gasteiger partial charge on any atom is 0.292 e. The fraction of sp³-hybridized carbons (Fsp3) is 0. The Kier molecular flexibility index (Phi) is 2.11. The lowest BCUT2D eigenvalue weighted by atomic mass is 10.2. The van der Waals surface area contributed by atoms with Gasteiger partial charge in [0.05, 0.1) is 10.6 Å². The van der Waals surface area contributed by atoms with Crippen LogP contribution in [-0.4, -0.2) is 4.92 Å². The third-order valence-corrected chi connectivity index (χ3v) is 1.39. The van der Waals surface area contributed by atoms with Crippen LogP contribution in [0.15, 0.2) is 18.2 Å². The first kappa shape index (κ1) is 8.28. The molecule has 0 saturated heterocycles. The smallest absolute Gasteiger partial charge is 0.292 e. The number of hydrazine groups is 1. The number of rotatable bonds is 2. The molecule has 0 radical (unpaired) electrons. The Morgan fingerprint density at radius 3 is 2.58 bits per heavy atom. The summed E-state index contributed by atoms with van der Waals surface area (Å²) in [6.07, 6.45) is 0. The Bertz CT molecular complexity index is 312. The van der Waals surface area contributed by atoms with Crippen molar-refractivity contribution < 1.29 is 4.92 Å². The van der Waals surface area contributed by atoms with Crippen LogP contribution < -0.4 is 17.0 Å². The maximum atomic E-state index is 10.3. The summed E-state index contributed by atoms with van der Waals surface area (Å²) in [5, 5.41) is 10.3. The van der Waals surface area contributed by atoms with Crippen LogP contribution in [0.5, 0.6) is 0 Å². The van der Waals surface area contributed by atoms with E-state index in [1.165, 1.54) is 18.2 Å². The molecule has 0 aliphatic carbocycles. The molecule has 12 heavy (non-hydrogen) atoms. The molecule has 1 rings (SSSR count). The number of anilines is 2. The van der Waals surface area contributed by atoms with Crippen LogP contribution in [0.3, 0.4) is 0 Å². The Morgan fingerprint density at radius 1 is 1.50 bits per heavy atom. The quantitative estimate of drug-likeness (QED) is 0.257. The van der Waals surface area contributed by atoms with Crippen molar-refractivity contribution in [2.24, 2.45) is 5.84 Å². The van der Waals surface area contributed by atoms with Gasteiger partial charge < -0.3 is 11.2 Å². The van der Waals surface area contributed by atoms with Crippen molar-refractivity contribution in [3.8, 4) is 0 Å². The molecule has 64 valence electrons. The second kappa shape index (κ2) is 3.05. The highest BCUT2D eigenvalue weighted by Gasteiger charge is 2.09. The summed E-state index contributed by atoms with van der Waals surface area (Å²) in [6, 6.07) is 4.18. The standard InChI is InChI=1S/C6H8N4O2/c7-5-3-4(9-8)1-2-6(5)10(11)12/h1-3,9H,7-8H2. The fourth-order valence-corrected chi connectivity index (χ4v) is 0.811. The van der Waals surface area contributed by atoms with Crippen LogP contribution in [0.25, 0.3) is 0 Å². The van der Waals surface area contributed by atoms with E-state index in [0.29, 0.717) is 5.69 Å². The van der Waals surface area contributed by atoms with Gasteiger partial charge in [-0.3, -0.25) is 16.0 Å². The summed E-state index contributed by atoms with van der Waals surface area (Å²) >= 11 is 0. The van der Waals surface area contributed by atoms with E-state index in [0.717, 1.165) is 0 Å². The largest absolute Gasteiger partial charge is 0.393 e. The molecule has 0 aliphatic heterocycles. The van der Waals surface area contributed by atoms with E-state index in [9.17, 15) is 10.1 Å². The molecule has 5 N–H and O–H groups in total. The molecule has 0 bridgehead atoms. The van der Waals surface area contributed by atoms with Crippen molar-refractivity contribution in [2.75, 3.05) is 11.2 Å². The third-order valence-electron chi connectivity index (χ3n) is 1.39. The number of nitro benzene ring substituents is 1. The lowest BCUT2D eigenvalue weighted by Crippen LogP contribution is -2.07. The van der Waals surface area contributed by atoms with Crippen LogP contribution >= 0.6 is 0 Å². The molecular formula is C6H8N4O2. The fourth-order valence-electron chi connectivity index (χ4n) is 0.811. The predicted octanol–water partition coefficient (Wildman–Crippen LogP) is 0.463. The van der Waals surface area contributed by atoms with Gasteiger partial charge in [0.15, 0.2) is 0 Å². The third kappa shape index (κ3) is 1.43. The molecule has 1 aromatic carbocycles. The molecule has 0 unspecified atom stereocenters. The zero-order chi connectivity index (χ0) is 9.14. The van der Waals surface area contributed by atoms with Crippen molar-refractivity contribution >= 4 is 17.1 Å². The van der Waals surface area contributed by atoms with E-state index < -0.39 is 4.92 Å². The average Bonchev–Trinajstić information content (AvgIpc) is 2.03. The first-order valence-corrected chi connectivity index (χ1v) is 3.15. The molecule has 0 atom stereocenters. The van der Waals surface area contributed by atoms with Gasteiger partial charge in [0.1, 0.15) is 5.69 Å². The second-order valence-electron chi connectivity index (χ2n) is 2.18. The molecule has 0 fully saturated rings. The summed E-state index contributed by atoms with van der Waals surface area (Å²) in [5.74, 6) is 5.07. The summed E-state index contributed by atoms with van der Waals surface area (Å²) < 4.78 is 0. The van der Waals surface area contributed by atoms with Gasteiger partial charge in [-0.05, 0) is 12.1 Å². The highest BCUT2D eigenvalue weighted by Crippen LogP contribution is 2.23. The van der Waals surface area contributed by atoms with E-state index in [4.69, 9.17) is 11.6 Å². The van der Waals surface area contributed by atoms with Crippen molar-refractivity contribution in [3.05, 3.63) is 28.3 Å². The number of nitrogens with zero attached hydrogens (tertiary/aromatic N) is 1. The molecule has 0 heterocycles. The van der Waals surface area contributed by atoms with Gasteiger partial charge in [-0.1, -0.05) is 0 Å². The van der Waals surface area contributed by atoms with E-state index in [2.05, 4.69) is 5.43 Å². The second-order valence-corrected chi connectivity index (χ2v) is 2.18. The molecule has 0 aromatic heterocycles. The minimum atomic E-state index is -0.546. The van der Waals surface area contributed by atoms with Gasteiger partial charge in [0.25, 0.3) is 5.69 Å². The van der Waals surface area contributed by atoms with Crippen LogP contribution in [0.2, 0.25) is 0 Å². The summed E-state index contributed by atoms with van der Waals surface area (Å²) in [6.45, 7) is 0. The molecule has 0 aliphatic rings. The Labute approximate surface area is 68.3 Å². The lowest BCUT2D eigenvalue weighted by Gasteiger charge is -2.00. The van der Waals surface area contributed by atoms with Gasteiger partial charge in [0, 0.05) is 6.07 Å². The maximum absolute atomic E-state index is 10.3. The predicted molar refractivity (Wildman–Crippen MR) is 45.3 cm³/mol.